The molecule has 7 heteroatoms. The second-order valence-electron chi connectivity index (χ2n) is 5.15. The second-order valence-corrected chi connectivity index (χ2v) is 7.10. The van der Waals surface area contributed by atoms with E-state index in [1.54, 1.807) is 54.7 Å². The summed E-state index contributed by atoms with van der Waals surface area (Å²) in [5, 5.41) is 9.21. The van der Waals surface area contributed by atoms with Gasteiger partial charge in [0.05, 0.1) is 16.2 Å². The Balaban J connectivity index is 1.73. The summed E-state index contributed by atoms with van der Waals surface area (Å²) in [5.74, 6) is -0.210. The molecule has 0 saturated carbocycles. The Labute approximate surface area is 139 Å². The molecule has 0 bridgehead atoms. The number of rotatable bonds is 5. The molecule has 3 aromatic rings. The lowest BCUT2D eigenvalue weighted by molar-refractivity contribution is -0.115. The fraction of sp³-hybridized carbons (Fsp3) is 0.0588. The topological polar surface area (TPSA) is 91.9 Å². The van der Waals surface area contributed by atoms with Crippen LogP contribution in [0.2, 0.25) is 0 Å². The molecule has 0 spiro atoms. The number of H-pyrrole nitrogens is 1. The molecule has 2 N–H and O–H groups in total. The summed E-state index contributed by atoms with van der Waals surface area (Å²) in [7, 11) is -3.55. The number of amides is 1. The summed E-state index contributed by atoms with van der Waals surface area (Å²) in [6.45, 7) is 0. The number of nitrogens with one attached hydrogen (secondary N) is 2. The first-order valence-electron chi connectivity index (χ1n) is 7.24. The van der Waals surface area contributed by atoms with Gasteiger partial charge in [0, 0.05) is 17.6 Å². The number of aromatic nitrogens is 2. The number of benzene rings is 2. The normalized spacial score (nSPS) is 11.2. The highest BCUT2D eigenvalue weighted by molar-refractivity contribution is 7.91. The molecule has 0 unspecified atom stereocenters. The van der Waals surface area contributed by atoms with Gasteiger partial charge < -0.3 is 5.32 Å². The predicted molar refractivity (Wildman–Crippen MR) is 89.3 cm³/mol. The maximum absolute atomic E-state index is 12.5. The summed E-state index contributed by atoms with van der Waals surface area (Å²) in [5.41, 5.74) is 1.24. The maximum Gasteiger partial charge on any atom is 0.230 e. The van der Waals surface area contributed by atoms with Crippen LogP contribution in [0.1, 0.15) is 5.69 Å². The number of aromatic amines is 1. The van der Waals surface area contributed by atoms with E-state index in [9.17, 15) is 13.2 Å². The molecule has 0 aliphatic heterocycles. The minimum atomic E-state index is -3.55. The van der Waals surface area contributed by atoms with E-state index in [0.29, 0.717) is 11.4 Å². The molecular weight excluding hydrogens is 326 g/mol. The van der Waals surface area contributed by atoms with Gasteiger partial charge in [0.25, 0.3) is 0 Å². The van der Waals surface area contributed by atoms with Crippen molar-refractivity contribution >= 4 is 21.4 Å². The highest BCUT2D eigenvalue weighted by atomic mass is 32.2. The standard InChI is InChI=1S/C17H15N3O3S/c21-17(12-14-10-11-18-20-14)19-13-6-8-16(9-7-13)24(22,23)15-4-2-1-3-5-15/h1-11H,12H2,(H,18,20)(H,19,21). The van der Waals surface area contributed by atoms with Gasteiger partial charge in [-0.15, -0.1) is 0 Å². The number of hydrogen-bond donors (Lipinski definition) is 2. The monoisotopic (exact) mass is 341 g/mol. The van der Waals surface area contributed by atoms with E-state index in [1.807, 2.05) is 0 Å². The Hall–Kier alpha value is -2.93. The van der Waals surface area contributed by atoms with Crippen LogP contribution in [-0.2, 0) is 21.1 Å². The molecule has 122 valence electrons. The van der Waals surface area contributed by atoms with E-state index < -0.39 is 9.84 Å². The summed E-state index contributed by atoms with van der Waals surface area (Å²) in [6, 6.07) is 16.0. The van der Waals surface area contributed by atoms with Gasteiger partial charge in [0.1, 0.15) is 0 Å². The van der Waals surface area contributed by atoms with Crippen molar-refractivity contribution in [2.45, 2.75) is 16.2 Å². The lowest BCUT2D eigenvalue weighted by Crippen LogP contribution is -2.14. The van der Waals surface area contributed by atoms with E-state index in [0.717, 1.165) is 0 Å². The molecule has 0 saturated heterocycles. The third-order valence-electron chi connectivity index (χ3n) is 3.41. The van der Waals surface area contributed by atoms with Gasteiger partial charge in [0.15, 0.2) is 0 Å². The predicted octanol–water partition coefficient (Wildman–Crippen LogP) is 2.42. The Morgan fingerprint density at radius 1 is 0.958 bits per heavy atom. The Morgan fingerprint density at radius 2 is 1.62 bits per heavy atom. The van der Waals surface area contributed by atoms with Gasteiger partial charge >= 0.3 is 0 Å². The SMILES string of the molecule is O=C(Cc1ccn[nH]1)Nc1ccc(S(=O)(=O)c2ccccc2)cc1. The molecule has 6 nitrogen and oxygen atoms in total. The minimum absolute atomic E-state index is 0.171. The lowest BCUT2D eigenvalue weighted by atomic mass is 10.2. The van der Waals surface area contributed by atoms with Crippen LogP contribution in [0.15, 0.2) is 76.7 Å². The number of carbonyl (C=O) groups is 1. The van der Waals surface area contributed by atoms with Crippen molar-refractivity contribution in [3.63, 3.8) is 0 Å². The molecular formula is C17H15N3O3S. The summed E-state index contributed by atoms with van der Waals surface area (Å²) < 4.78 is 25.0. The number of sulfone groups is 1. The van der Waals surface area contributed by atoms with Crippen LogP contribution in [0.3, 0.4) is 0 Å². The van der Waals surface area contributed by atoms with E-state index in [4.69, 9.17) is 0 Å². The third kappa shape index (κ3) is 3.52. The average molecular weight is 341 g/mol. The van der Waals surface area contributed by atoms with Crippen molar-refractivity contribution in [3.8, 4) is 0 Å². The summed E-state index contributed by atoms with van der Waals surface area (Å²) >= 11 is 0. The number of carbonyl (C=O) groups excluding carboxylic acids is 1. The van der Waals surface area contributed by atoms with Crippen molar-refractivity contribution in [3.05, 3.63) is 72.6 Å². The molecule has 0 fully saturated rings. The van der Waals surface area contributed by atoms with Gasteiger partial charge in [0.2, 0.25) is 15.7 Å². The molecule has 1 heterocycles. The number of hydrogen-bond acceptors (Lipinski definition) is 4. The largest absolute Gasteiger partial charge is 0.326 e. The lowest BCUT2D eigenvalue weighted by Gasteiger charge is -2.07. The molecule has 24 heavy (non-hydrogen) atoms. The van der Waals surface area contributed by atoms with Crippen LogP contribution in [0, 0.1) is 0 Å². The van der Waals surface area contributed by atoms with Gasteiger partial charge in [-0.1, -0.05) is 18.2 Å². The molecule has 0 atom stereocenters. The fourth-order valence-corrected chi connectivity index (χ4v) is 3.50. The van der Waals surface area contributed by atoms with Crippen molar-refractivity contribution in [2.24, 2.45) is 0 Å². The van der Waals surface area contributed by atoms with Crippen LogP contribution in [0.5, 0.6) is 0 Å². The van der Waals surface area contributed by atoms with Gasteiger partial charge in [-0.25, -0.2) is 8.42 Å². The summed E-state index contributed by atoms with van der Waals surface area (Å²) in [6.07, 6.45) is 1.75. The molecule has 2 aromatic carbocycles. The quantitative estimate of drug-likeness (QED) is 0.745. The van der Waals surface area contributed by atoms with Gasteiger partial charge in [-0.2, -0.15) is 5.10 Å². The molecule has 0 aliphatic rings. The van der Waals surface area contributed by atoms with Gasteiger partial charge in [-0.3, -0.25) is 9.89 Å². The molecule has 1 amide bonds. The van der Waals surface area contributed by atoms with E-state index >= 15 is 0 Å². The first-order chi connectivity index (χ1) is 11.6. The number of nitrogens with zero attached hydrogens (tertiary/aromatic N) is 1. The smallest absolute Gasteiger partial charge is 0.230 e. The minimum Gasteiger partial charge on any atom is -0.326 e. The highest BCUT2D eigenvalue weighted by Gasteiger charge is 2.17. The van der Waals surface area contributed by atoms with Crippen molar-refractivity contribution in [1.29, 1.82) is 0 Å². The summed E-state index contributed by atoms with van der Waals surface area (Å²) in [4.78, 5) is 12.3. The zero-order valence-corrected chi connectivity index (χ0v) is 13.5. The zero-order chi connectivity index (χ0) is 17.0. The maximum atomic E-state index is 12.5. The van der Waals surface area contributed by atoms with Crippen molar-refractivity contribution in [1.82, 2.24) is 10.2 Å². The molecule has 1 aromatic heterocycles. The van der Waals surface area contributed by atoms with Crippen LogP contribution in [0.4, 0.5) is 5.69 Å². The fourth-order valence-electron chi connectivity index (χ4n) is 2.21. The first kappa shape index (κ1) is 15.9. The third-order valence-corrected chi connectivity index (χ3v) is 5.20. The average Bonchev–Trinajstić information content (AvgIpc) is 3.09. The van der Waals surface area contributed by atoms with Crippen LogP contribution in [0.25, 0.3) is 0 Å². The Morgan fingerprint density at radius 3 is 2.25 bits per heavy atom. The molecule has 0 radical (unpaired) electrons. The zero-order valence-electron chi connectivity index (χ0n) is 12.6. The van der Waals surface area contributed by atoms with Crippen molar-refractivity contribution in [2.75, 3.05) is 5.32 Å². The van der Waals surface area contributed by atoms with Crippen LogP contribution >= 0.6 is 0 Å². The van der Waals surface area contributed by atoms with Crippen LogP contribution in [-0.4, -0.2) is 24.5 Å². The van der Waals surface area contributed by atoms with E-state index in [-0.39, 0.29) is 22.1 Å². The Kier molecular flexibility index (Phi) is 4.43. The highest BCUT2D eigenvalue weighted by Crippen LogP contribution is 2.22. The Bertz CT molecular complexity index is 919. The first-order valence-corrected chi connectivity index (χ1v) is 8.72. The van der Waals surface area contributed by atoms with Gasteiger partial charge in [-0.05, 0) is 42.5 Å². The molecule has 0 aliphatic carbocycles. The second kappa shape index (κ2) is 6.67. The number of anilines is 1. The van der Waals surface area contributed by atoms with Crippen molar-refractivity contribution < 1.29 is 13.2 Å². The van der Waals surface area contributed by atoms with Crippen LogP contribution < -0.4 is 5.32 Å². The molecule has 3 rings (SSSR count). The van der Waals surface area contributed by atoms with E-state index in [2.05, 4.69) is 15.5 Å². The van der Waals surface area contributed by atoms with E-state index in [1.165, 1.54) is 12.1 Å².